The number of rotatable bonds is 3. The minimum Gasteiger partial charge on any atom is -0.478 e. The summed E-state index contributed by atoms with van der Waals surface area (Å²) in [4.78, 5) is 26.2. The Balaban J connectivity index is 0.00000200. The molecule has 0 radical (unpaired) electrons. The quantitative estimate of drug-likeness (QED) is 0.893. The molecule has 7 nitrogen and oxygen atoms in total. The number of halogens is 1. The number of nitrogens with one attached hydrogen (secondary N) is 1. The highest BCUT2D eigenvalue weighted by molar-refractivity contribution is 5.87. The predicted octanol–water partition coefficient (Wildman–Crippen LogP) is 1.69. The van der Waals surface area contributed by atoms with Crippen molar-refractivity contribution in [3.8, 4) is 11.6 Å². The second kappa shape index (κ2) is 6.16. The molecule has 0 fully saturated rings. The van der Waals surface area contributed by atoms with E-state index in [4.69, 9.17) is 9.84 Å². The molecule has 0 amide bonds. The van der Waals surface area contributed by atoms with Gasteiger partial charge in [0, 0.05) is 17.8 Å². The highest BCUT2D eigenvalue weighted by Crippen LogP contribution is 2.20. The first-order valence-electron chi connectivity index (χ1n) is 5.41. The van der Waals surface area contributed by atoms with Gasteiger partial charge in [0.2, 0.25) is 5.88 Å². The Morgan fingerprint density at radius 3 is 2.65 bits per heavy atom. The lowest BCUT2D eigenvalue weighted by molar-refractivity contribution is 0.0696. The van der Waals surface area contributed by atoms with Gasteiger partial charge in [0.1, 0.15) is 0 Å². The van der Waals surface area contributed by atoms with Crippen LogP contribution >= 0.6 is 12.4 Å². The maximum atomic E-state index is 11.5. The Kier molecular flexibility index (Phi) is 4.82. The van der Waals surface area contributed by atoms with Crippen molar-refractivity contribution >= 4 is 18.4 Å². The molecule has 0 aliphatic heterocycles. The standard InChI is InChI=1S/C12H11N3O4.ClH/c1-6-3-8(12(17)18)5-13-11(6)19-9-4-7(2)14-15-10(9)16;/h3-5H,1-2H3,(H,15,16)(H,17,18);1H. The highest BCUT2D eigenvalue weighted by Gasteiger charge is 2.10. The fourth-order valence-corrected chi connectivity index (χ4v) is 1.45. The number of H-pyrrole nitrogens is 1. The zero-order valence-corrected chi connectivity index (χ0v) is 11.5. The first-order chi connectivity index (χ1) is 8.97. The highest BCUT2D eigenvalue weighted by atomic mass is 35.5. The number of aryl methyl sites for hydroxylation is 2. The molecule has 0 saturated heterocycles. The summed E-state index contributed by atoms with van der Waals surface area (Å²) in [7, 11) is 0. The molecule has 0 bridgehead atoms. The average molecular weight is 298 g/mol. The SMILES string of the molecule is Cc1cc(Oc2ncc(C(=O)O)cc2C)c(=O)[nH]n1.Cl. The Hall–Kier alpha value is -2.41. The van der Waals surface area contributed by atoms with Crippen LogP contribution in [-0.2, 0) is 0 Å². The van der Waals surface area contributed by atoms with E-state index in [1.54, 1.807) is 13.8 Å². The van der Waals surface area contributed by atoms with Crippen LogP contribution in [0.4, 0.5) is 0 Å². The molecule has 20 heavy (non-hydrogen) atoms. The number of ether oxygens (including phenoxy) is 1. The molecule has 2 aromatic heterocycles. The normalized spacial score (nSPS) is 9.70. The second-order valence-corrected chi connectivity index (χ2v) is 3.96. The Morgan fingerprint density at radius 1 is 1.35 bits per heavy atom. The molecule has 0 spiro atoms. The van der Waals surface area contributed by atoms with Gasteiger partial charge in [-0.05, 0) is 19.9 Å². The fraction of sp³-hybridized carbons (Fsp3) is 0.167. The maximum Gasteiger partial charge on any atom is 0.337 e. The van der Waals surface area contributed by atoms with Crippen LogP contribution in [0.15, 0.2) is 23.1 Å². The van der Waals surface area contributed by atoms with E-state index in [0.29, 0.717) is 11.3 Å². The molecule has 0 saturated carbocycles. The van der Waals surface area contributed by atoms with Gasteiger partial charge in [-0.25, -0.2) is 14.9 Å². The summed E-state index contributed by atoms with van der Waals surface area (Å²) >= 11 is 0. The molecule has 0 atom stereocenters. The van der Waals surface area contributed by atoms with E-state index in [9.17, 15) is 9.59 Å². The number of carboxylic acid groups (broad SMARTS) is 1. The largest absolute Gasteiger partial charge is 0.478 e. The van der Waals surface area contributed by atoms with Crippen LogP contribution in [0.5, 0.6) is 11.6 Å². The van der Waals surface area contributed by atoms with Crippen LogP contribution in [0.2, 0.25) is 0 Å². The number of hydrogen-bond acceptors (Lipinski definition) is 5. The van der Waals surface area contributed by atoms with Gasteiger partial charge in [0.05, 0.1) is 11.3 Å². The summed E-state index contributed by atoms with van der Waals surface area (Å²) in [5, 5.41) is 14.8. The molecule has 0 aliphatic carbocycles. The summed E-state index contributed by atoms with van der Waals surface area (Å²) in [5.74, 6) is -0.827. The first-order valence-corrected chi connectivity index (χ1v) is 5.41. The zero-order valence-electron chi connectivity index (χ0n) is 10.7. The topological polar surface area (TPSA) is 105 Å². The predicted molar refractivity (Wildman–Crippen MR) is 72.9 cm³/mol. The molecule has 0 unspecified atom stereocenters. The van der Waals surface area contributed by atoms with Gasteiger partial charge in [-0.15, -0.1) is 12.4 Å². The van der Waals surface area contributed by atoms with Crippen LogP contribution in [-0.4, -0.2) is 26.3 Å². The molecule has 8 heteroatoms. The molecule has 2 aromatic rings. The number of hydrogen-bond donors (Lipinski definition) is 2. The van der Waals surface area contributed by atoms with E-state index in [0.717, 1.165) is 0 Å². The van der Waals surface area contributed by atoms with E-state index in [1.165, 1.54) is 18.3 Å². The van der Waals surface area contributed by atoms with Gasteiger partial charge in [0.25, 0.3) is 0 Å². The zero-order chi connectivity index (χ0) is 14.0. The second-order valence-electron chi connectivity index (χ2n) is 3.96. The van der Waals surface area contributed by atoms with Crippen molar-refractivity contribution in [3.63, 3.8) is 0 Å². The van der Waals surface area contributed by atoms with Crippen LogP contribution in [0, 0.1) is 13.8 Å². The fourth-order valence-electron chi connectivity index (χ4n) is 1.45. The van der Waals surface area contributed by atoms with E-state index in [2.05, 4.69) is 15.2 Å². The third-order valence-electron chi connectivity index (χ3n) is 2.38. The van der Waals surface area contributed by atoms with E-state index >= 15 is 0 Å². The summed E-state index contributed by atoms with van der Waals surface area (Å²) < 4.78 is 5.37. The monoisotopic (exact) mass is 297 g/mol. The number of nitrogens with zero attached hydrogens (tertiary/aromatic N) is 2. The Labute approximate surface area is 120 Å². The number of aromatic nitrogens is 3. The maximum absolute atomic E-state index is 11.5. The summed E-state index contributed by atoms with van der Waals surface area (Å²) in [6.07, 6.45) is 1.17. The van der Waals surface area contributed by atoms with Gasteiger partial charge < -0.3 is 9.84 Å². The van der Waals surface area contributed by atoms with Gasteiger partial charge in [-0.2, -0.15) is 5.10 Å². The third-order valence-corrected chi connectivity index (χ3v) is 2.38. The summed E-state index contributed by atoms with van der Waals surface area (Å²) in [5.41, 5.74) is 0.696. The average Bonchev–Trinajstić information content (AvgIpc) is 2.36. The van der Waals surface area contributed by atoms with Crippen molar-refractivity contribution in [3.05, 3.63) is 45.5 Å². The molecule has 106 valence electrons. The molecule has 2 rings (SSSR count). The molecule has 0 aliphatic rings. The third kappa shape index (κ3) is 3.33. The van der Waals surface area contributed by atoms with Crippen molar-refractivity contribution in [2.45, 2.75) is 13.8 Å². The van der Waals surface area contributed by atoms with E-state index in [-0.39, 0.29) is 29.6 Å². The summed E-state index contributed by atoms with van der Waals surface area (Å²) in [6.45, 7) is 3.35. The Morgan fingerprint density at radius 2 is 2.05 bits per heavy atom. The van der Waals surface area contributed by atoms with Crippen molar-refractivity contribution < 1.29 is 14.6 Å². The van der Waals surface area contributed by atoms with Gasteiger partial charge >= 0.3 is 11.5 Å². The van der Waals surface area contributed by atoms with Crippen LogP contribution in [0.1, 0.15) is 21.6 Å². The van der Waals surface area contributed by atoms with Gasteiger partial charge in [-0.3, -0.25) is 4.79 Å². The van der Waals surface area contributed by atoms with Crippen molar-refractivity contribution in [2.75, 3.05) is 0 Å². The van der Waals surface area contributed by atoms with Gasteiger partial charge in [-0.1, -0.05) is 0 Å². The minimum atomic E-state index is -1.07. The first kappa shape index (κ1) is 15.6. The molecule has 2 N–H and O–H groups in total. The number of carboxylic acids is 1. The lowest BCUT2D eigenvalue weighted by atomic mass is 10.2. The number of pyridine rings is 1. The van der Waals surface area contributed by atoms with Crippen molar-refractivity contribution in [2.24, 2.45) is 0 Å². The molecule has 2 heterocycles. The lowest BCUT2D eigenvalue weighted by Gasteiger charge is -2.07. The van der Waals surface area contributed by atoms with E-state index in [1.807, 2.05) is 0 Å². The van der Waals surface area contributed by atoms with Crippen LogP contribution < -0.4 is 10.3 Å². The van der Waals surface area contributed by atoms with E-state index < -0.39 is 11.5 Å². The van der Waals surface area contributed by atoms with Crippen molar-refractivity contribution in [1.29, 1.82) is 0 Å². The number of carbonyl (C=O) groups is 1. The number of aromatic amines is 1. The van der Waals surface area contributed by atoms with Crippen LogP contribution in [0.3, 0.4) is 0 Å². The van der Waals surface area contributed by atoms with Crippen LogP contribution in [0.25, 0.3) is 0 Å². The molecular formula is C12H12ClN3O4. The lowest BCUT2D eigenvalue weighted by Crippen LogP contribution is -2.12. The van der Waals surface area contributed by atoms with Gasteiger partial charge in [0.15, 0.2) is 5.75 Å². The smallest absolute Gasteiger partial charge is 0.337 e. The Bertz CT molecular complexity index is 699. The van der Waals surface area contributed by atoms with Crippen molar-refractivity contribution in [1.82, 2.24) is 15.2 Å². The molecule has 0 aromatic carbocycles. The minimum absolute atomic E-state index is 0. The number of aromatic carboxylic acids is 1. The molecular weight excluding hydrogens is 286 g/mol. The summed E-state index contributed by atoms with van der Waals surface area (Å²) in [6, 6.07) is 2.90.